The Morgan fingerprint density at radius 2 is 2.05 bits per heavy atom. The van der Waals surface area contributed by atoms with Crippen LogP contribution in [0.15, 0.2) is 23.4 Å². The summed E-state index contributed by atoms with van der Waals surface area (Å²) in [6.45, 7) is 4.56. The fourth-order valence-corrected chi connectivity index (χ4v) is 3.99. The van der Waals surface area contributed by atoms with Crippen molar-refractivity contribution in [2.45, 2.75) is 30.7 Å². The van der Waals surface area contributed by atoms with Crippen LogP contribution in [-0.2, 0) is 10.0 Å². The van der Waals surface area contributed by atoms with Gasteiger partial charge in [-0.2, -0.15) is 4.31 Å². The molecular weight excluding hydrogens is 288 g/mol. The van der Waals surface area contributed by atoms with Gasteiger partial charge in [-0.3, -0.25) is 4.98 Å². The zero-order valence-corrected chi connectivity index (χ0v) is 13.7. The van der Waals surface area contributed by atoms with E-state index in [2.05, 4.69) is 22.2 Å². The highest BCUT2D eigenvalue weighted by atomic mass is 32.2. The van der Waals surface area contributed by atoms with Gasteiger partial charge < -0.3 is 10.2 Å². The van der Waals surface area contributed by atoms with Crippen LogP contribution in [0.3, 0.4) is 0 Å². The number of nitrogens with one attached hydrogen (secondary N) is 1. The molecule has 0 aromatic carbocycles. The average Bonchev–Trinajstić information content (AvgIpc) is 2.48. The summed E-state index contributed by atoms with van der Waals surface area (Å²) >= 11 is 0. The number of nitrogens with zero attached hydrogens (tertiary/aromatic N) is 3. The highest BCUT2D eigenvalue weighted by molar-refractivity contribution is 7.89. The number of sulfonamides is 1. The van der Waals surface area contributed by atoms with Gasteiger partial charge in [-0.1, -0.05) is 0 Å². The van der Waals surface area contributed by atoms with Crippen molar-refractivity contribution >= 4 is 15.7 Å². The molecule has 6 nitrogen and oxygen atoms in total. The molecule has 118 valence electrons. The predicted octanol–water partition coefficient (Wildman–Crippen LogP) is 1.23. The topological polar surface area (TPSA) is 65.5 Å². The summed E-state index contributed by atoms with van der Waals surface area (Å²) in [4.78, 5) is 6.51. The standard InChI is InChI=1S/C14H24N4O2S/c1-4-16-12-9-14(11-15-10-12)21(19,20)18(3)13-5-7-17(2)8-6-13/h9-11,13,16H,4-8H2,1-3H3. The lowest BCUT2D eigenvalue weighted by Gasteiger charge is -2.34. The Kier molecular flexibility index (Phi) is 5.18. The van der Waals surface area contributed by atoms with E-state index in [1.54, 1.807) is 19.3 Å². The van der Waals surface area contributed by atoms with Crippen molar-refractivity contribution in [3.8, 4) is 0 Å². The molecule has 2 rings (SSSR count). The average molecular weight is 312 g/mol. The lowest BCUT2D eigenvalue weighted by atomic mass is 10.1. The van der Waals surface area contributed by atoms with Crippen molar-refractivity contribution in [2.75, 3.05) is 39.0 Å². The fraction of sp³-hybridized carbons (Fsp3) is 0.643. The van der Waals surface area contributed by atoms with E-state index in [0.717, 1.165) is 38.2 Å². The number of pyridine rings is 1. The molecule has 1 N–H and O–H groups in total. The molecule has 0 atom stereocenters. The minimum atomic E-state index is -3.48. The molecule has 0 saturated carbocycles. The van der Waals surface area contributed by atoms with Gasteiger partial charge in [-0.25, -0.2) is 8.42 Å². The van der Waals surface area contributed by atoms with Crippen LogP contribution in [0.2, 0.25) is 0 Å². The number of aromatic nitrogens is 1. The smallest absolute Gasteiger partial charge is 0.244 e. The molecule has 0 radical (unpaired) electrons. The second kappa shape index (κ2) is 6.72. The third kappa shape index (κ3) is 3.72. The quantitative estimate of drug-likeness (QED) is 0.886. The van der Waals surface area contributed by atoms with Crippen molar-refractivity contribution in [1.29, 1.82) is 0 Å². The second-order valence-corrected chi connectivity index (χ2v) is 7.49. The molecule has 1 aromatic heterocycles. The molecular formula is C14H24N4O2S. The lowest BCUT2D eigenvalue weighted by molar-refractivity contribution is 0.197. The second-order valence-electron chi connectivity index (χ2n) is 5.50. The minimum absolute atomic E-state index is 0.0639. The predicted molar refractivity (Wildman–Crippen MR) is 83.9 cm³/mol. The molecule has 0 bridgehead atoms. The van der Waals surface area contributed by atoms with Gasteiger partial charge in [-0.15, -0.1) is 0 Å². The van der Waals surface area contributed by atoms with Crippen LogP contribution in [0.5, 0.6) is 0 Å². The number of hydrogen-bond acceptors (Lipinski definition) is 5. The van der Waals surface area contributed by atoms with E-state index in [9.17, 15) is 8.42 Å². The Hall–Kier alpha value is -1.18. The van der Waals surface area contributed by atoms with Crippen molar-refractivity contribution in [3.05, 3.63) is 18.5 Å². The normalized spacial score (nSPS) is 18.1. The third-order valence-corrected chi connectivity index (χ3v) is 5.85. The van der Waals surface area contributed by atoms with Crippen molar-refractivity contribution in [3.63, 3.8) is 0 Å². The third-order valence-electron chi connectivity index (χ3n) is 3.97. The Morgan fingerprint density at radius 3 is 2.67 bits per heavy atom. The molecule has 0 unspecified atom stereocenters. The molecule has 1 fully saturated rings. The van der Waals surface area contributed by atoms with Crippen LogP contribution >= 0.6 is 0 Å². The van der Waals surface area contributed by atoms with Gasteiger partial charge in [0, 0.05) is 25.8 Å². The van der Waals surface area contributed by atoms with Crippen LogP contribution in [0.4, 0.5) is 5.69 Å². The van der Waals surface area contributed by atoms with Crippen molar-refractivity contribution in [1.82, 2.24) is 14.2 Å². The van der Waals surface area contributed by atoms with E-state index >= 15 is 0 Å². The molecule has 1 saturated heterocycles. The highest BCUT2D eigenvalue weighted by Gasteiger charge is 2.30. The monoisotopic (exact) mass is 312 g/mol. The van der Waals surface area contributed by atoms with Crippen LogP contribution in [0.1, 0.15) is 19.8 Å². The van der Waals surface area contributed by atoms with Crippen molar-refractivity contribution < 1.29 is 8.42 Å². The van der Waals surface area contributed by atoms with E-state index in [0.29, 0.717) is 0 Å². The Morgan fingerprint density at radius 1 is 1.38 bits per heavy atom. The molecule has 0 aliphatic carbocycles. The van der Waals surface area contributed by atoms with E-state index in [-0.39, 0.29) is 10.9 Å². The van der Waals surface area contributed by atoms with Crippen LogP contribution in [-0.4, -0.2) is 62.4 Å². The first-order valence-corrected chi connectivity index (χ1v) is 8.74. The van der Waals surface area contributed by atoms with E-state index in [1.807, 2.05) is 6.92 Å². The summed E-state index contributed by atoms with van der Waals surface area (Å²) in [7, 11) is 0.251. The SMILES string of the molecule is CCNc1cncc(S(=O)(=O)N(C)C2CCN(C)CC2)c1. The Labute approximate surface area is 127 Å². The van der Waals surface area contributed by atoms with E-state index in [4.69, 9.17) is 0 Å². The largest absolute Gasteiger partial charge is 0.384 e. The van der Waals surface area contributed by atoms with Gasteiger partial charge in [0.15, 0.2) is 0 Å². The van der Waals surface area contributed by atoms with E-state index < -0.39 is 10.0 Å². The molecule has 21 heavy (non-hydrogen) atoms. The number of rotatable bonds is 5. The summed E-state index contributed by atoms with van der Waals surface area (Å²) in [6, 6.07) is 1.71. The van der Waals surface area contributed by atoms with Crippen LogP contribution in [0, 0.1) is 0 Å². The molecule has 1 aliphatic rings. The molecule has 0 spiro atoms. The zero-order valence-electron chi connectivity index (χ0n) is 12.9. The molecule has 7 heteroatoms. The van der Waals surface area contributed by atoms with Gasteiger partial charge in [0.05, 0.1) is 11.9 Å². The van der Waals surface area contributed by atoms with Crippen LogP contribution < -0.4 is 5.32 Å². The number of anilines is 1. The number of likely N-dealkylation sites (tertiary alicyclic amines) is 1. The van der Waals surface area contributed by atoms with Gasteiger partial charge in [0.1, 0.15) is 4.90 Å². The summed E-state index contributed by atoms with van der Waals surface area (Å²) in [5.41, 5.74) is 0.732. The highest BCUT2D eigenvalue weighted by Crippen LogP contribution is 2.23. The summed E-state index contributed by atoms with van der Waals surface area (Å²) in [5, 5.41) is 3.09. The first-order chi connectivity index (χ1) is 9.95. The maximum absolute atomic E-state index is 12.7. The van der Waals surface area contributed by atoms with Crippen LogP contribution in [0.25, 0.3) is 0 Å². The summed E-state index contributed by atoms with van der Waals surface area (Å²) in [5.74, 6) is 0. The summed E-state index contributed by atoms with van der Waals surface area (Å²) < 4.78 is 26.9. The molecule has 0 amide bonds. The van der Waals surface area contributed by atoms with E-state index in [1.165, 1.54) is 10.5 Å². The first kappa shape index (κ1) is 16.2. The van der Waals surface area contributed by atoms with Gasteiger partial charge >= 0.3 is 0 Å². The van der Waals surface area contributed by atoms with Gasteiger partial charge in [0.25, 0.3) is 0 Å². The Balaban J connectivity index is 2.18. The lowest BCUT2D eigenvalue weighted by Crippen LogP contribution is -2.44. The minimum Gasteiger partial charge on any atom is -0.384 e. The fourth-order valence-electron chi connectivity index (χ4n) is 2.58. The van der Waals surface area contributed by atoms with Gasteiger partial charge in [0.2, 0.25) is 10.0 Å². The first-order valence-electron chi connectivity index (χ1n) is 7.30. The van der Waals surface area contributed by atoms with Crippen molar-refractivity contribution in [2.24, 2.45) is 0 Å². The molecule has 2 heterocycles. The maximum Gasteiger partial charge on any atom is 0.244 e. The Bertz CT molecular complexity index is 568. The molecule has 1 aromatic rings. The van der Waals surface area contributed by atoms with Gasteiger partial charge in [-0.05, 0) is 46.0 Å². The molecule has 1 aliphatic heterocycles. The maximum atomic E-state index is 12.7. The zero-order chi connectivity index (χ0) is 15.5. The summed E-state index contributed by atoms with van der Waals surface area (Å²) in [6.07, 6.45) is 4.79. The number of piperidine rings is 1. The number of hydrogen-bond donors (Lipinski definition) is 1.